The first-order valence-electron chi connectivity index (χ1n) is 4.35. The zero-order chi connectivity index (χ0) is 10.8. The van der Waals surface area contributed by atoms with Gasteiger partial charge in [-0.15, -0.1) is 0 Å². The van der Waals surface area contributed by atoms with Gasteiger partial charge in [-0.1, -0.05) is 23.2 Å². The molecule has 1 aromatic heterocycles. The van der Waals surface area contributed by atoms with Crippen LogP contribution in [0, 0.1) is 0 Å². The predicted molar refractivity (Wildman–Crippen MR) is 58.8 cm³/mol. The van der Waals surface area contributed by atoms with Crippen LogP contribution < -0.4 is 5.73 Å². The standard InChI is InChI=1S/C10H10N2O2S/c11-9-4-8-2-1-7(6-15(13)14)3-10(8)12-5-9/h1-5H,6,11H2,(H,13,14)/p-1. The number of fused-ring (bicyclic) bond motifs is 1. The number of pyridine rings is 1. The number of nitrogens with zero attached hydrogens (tertiary/aromatic N) is 1. The molecule has 2 rings (SSSR count). The summed E-state index contributed by atoms with van der Waals surface area (Å²) in [6, 6.07) is 7.14. The summed E-state index contributed by atoms with van der Waals surface area (Å²) in [5.74, 6) is 0.0159. The molecule has 15 heavy (non-hydrogen) atoms. The van der Waals surface area contributed by atoms with E-state index in [-0.39, 0.29) is 5.75 Å². The monoisotopic (exact) mass is 221 g/mol. The Bertz CT molecular complexity index is 528. The number of nitrogens with two attached hydrogens (primary N) is 1. The van der Waals surface area contributed by atoms with Crippen molar-refractivity contribution in [3.63, 3.8) is 0 Å². The molecule has 1 aromatic carbocycles. The molecular formula is C10H9N2O2S-. The number of hydrogen-bond acceptors (Lipinski definition) is 4. The van der Waals surface area contributed by atoms with Crippen LogP contribution in [0.5, 0.6) is 0 Å². The van der Waals surface area contributed by atoms with Crippen LogP contribution in [0.2, 0.25) is 0 Å². The molecule has 1 unspecified atom stereocenters. The Morgan fingerprint density at radius 1 is 1.40 bits per heavy atom. The van der Waals surface area contributed by atoms with Gasteiger partial charge in [0, 0.05) is 11.1 Å². The Labute approximate surface area is 89.4 Å². The van der Waals surface area contributed by atoms with Gasteiger partial charge in [-0.05, 0) is 17.7 Å². The van der Waals surface area contributed by atoms with Gasteiger partial charge in [-0.2, -0.15) is 0 Å². The fourth-order valence-corrected chi connectivity index (χ4v) is 1.86. The molecule has 0 saturated carbocycles. The Morgan fingerprint density at radius 2 is 2.20 bits per heavy atom. The van der Waals surface area contributed by atoms with Gasteiger partial charge in [-0.3, -0.25) is 9.19 Å². The summed E-state index contributed by atoms with van der Waals surface area (Å²) in [7, 11) is 0. The number of benzene rings is 1. The maximum Gasteiger partial charge on any atom is 0.0706 e. The molecule has 0 aliphatic rings. The first kappa shape index (κ1) is 10.1. The molecule has 1 heterocycles. The first-order valence-corrected chi connectivity index (χ1v) is 5.59. The predicted octanol–water partition coefficient (Wildman–Crippen LogP) is 1.20. The van der Waals surface area contributed by atoms with Crippen molar-refractivity contribution in [2.75, 3.05) is 5.73 Å². The van der Waals surface area contributed by atoms with Gasteiger partial charge in [0.1, 0.15) is 0 Å². The Balaban J connectivity index is 2.47. The molecular weight excluding hydrogens is 212 g/mol. The molecule has 1 atom stereocenters. The van der Waals surface area contributed by atoms with Crippen LogP contribution >= 0.6 is 0 Å². The van der Waals surface area contributed by atoms with Crippen molar-refractivity contribution in [2.24, 2.45) is 0 Å². The molecule has 78 valence electrons. The van der Waals surface area contributed by atoms with Crippen LogP contribution in [0.3, 0.4) is 0 Å². The SMILES string of the molecule is Nc1cnc2cc(CS(=O)[O-])ccc2c1. The highest BCUT2D eigenvalue weighted by Gasteiger charge is 1.98. The van der Waals surface area contributed by atoms with E-state index in [0.717, 1.165) is 16.5 Å². The minimum atomic E-state index is -2.07. The first-order chi connectivity index (χ1) is 7.15. The van der Waals surface area contributed by atoms with E-state index in [9.17, 15) is 8.76 Å². The largest absolute Gasteiger partial charge is 0.772 e. The molecule has 0 radical (unpaired) electrons. The van der Waals surface area contributed by atoms with E-state index in [2.05, 4.69) is 4.98 Å². The molecule has 0 saturated heterocycles. The van der Waals surface area contributed by atoms with Gasteiger partial charge >= 0.3 is 0 Å². The van der Waals surface area contributed by atoms with Gasteiger partial charge < -0.3 is 10.3 Å². The van der Waals surface area contributed by atoms with Crippen molar-refractivity contribution < 1.29 is 8.76 Å². The third-order valence-electron chi connectivity index (χ3n) is 2.05. The summed E-state index contributed by atoms with van der Waals surface area (Å²) in [5.41, 5.74) is 7.67. The van der Waals surface area contributed by atoms with Crippen LogP contribution in [-0.4, -0.2) is 13.7 Å². The highest BCUT2D eigenvalue weighted by molar-refractivity contribution is 7.78. The summed E-state index contributed by atoms with van der Waals surface area (Å²) < 4.78 is 21.0. The average molecular weight is 221 g/mol. The van der Waals surface area contributed by atoms with Gasteiger partial charge in [-0.25, -0.2) is 0 Å². The maximum absolute atomic E-state index is 10.5. The summed E-state index contributed by atoms with van der Waals surface area (Å²) in [5, 5.41) is 0.912. The molecule has 0 aliphatic heterocycles. The smallest absolute Gasteiger partial charge is 0.0706 e. The minimum absolute atomic E-state index is 0.0159. The summed E-state index contributed by atoms with van der Waals surface area (Å²) in [4.78, 5) is 4.12. The van der Waals surface area contributed by atoms with Gasteiger partial charge in [0.25, 0.3) is 0 Å². The average Bonchev–Trinajstić information content (AvgIpc) is 2.17. The van der Waals surface area contributed by atoms with Crippen molar-refractivity contribution in [1.29, 1.82) is 0 Å². The second-order valence-corrected chi connectivity index (χ2v) is 4.14. The molecule has 0 aliphatic carbocycles. The normalized spacial score (nSPS) is 12.9. The summed E-state index contributed by atoms with van der Waals surface area (Å²) in [6.07, 6.45) is 1.56. The Kier molecular flexibility index (Phi) is 2.66. The lowest BCUT2D eigenvalue weighted by molar-refractivity contribution is 0.536. The zero-order valence-electron chi connectivity index (χ0n) is 7.84. The van der Waals surface area contributed by atoms with Crippen LogP contribution in [0.25, 0.3) is 10.9 Å². The number of rotatable bonds is 2. The highest BCUT2D eigenvalue weighted by Crippen LogP contribution is 2.16. The highest BCUT2D eigenvalue weighted by atomic mass is 32.2. The molecule has 0 spiro atoms. The van der Waals surface area contributed by atoms with Gasteiger partial charge in [0.05, 0.1) is 17.4 Å². The van der Waals surface area contributed by atoms with Crippen LogP contribution in [0.15, 0.2) is 30.5 Å². The number of hydrogen-bond donors (Lipinski definition) is 1. The maximum atomic E-state index is 10.5. The van der Waals surface area contributed by atoms with E-state index in [1.165, 1.54) is 0 Å². The Hall–Kier alpha value is -1.46. The van der Waals surface area contributed by atoms with Crippen LogP contribution in [-0.2, 0) is 16.8 Å². The number of anilines is 1. The van der Waals surface area contributed by atoms with Crippen LogP contribution in [0.1, 0.15) is 5.56 Å². The van der Waals surface area contributed by atoms with Gasteiger partial charge in [0.2, 0.25) is 0 Å². The molecule has 0 fully saturated rings. The molecule has 2 N–H and O–H groups in total. The lowest BCUT2D eigenvalue weighted by Crippen LogP contribution is -1.94. The fourth-order valence-electron chi connectivity index (χ4n) is 1.41. The topological polar surface area (TPSA) is 79.0 Å². The quantitative estimate of drug-likeness (QED) is 0.773. The van der Waals surface area contributed by atoms with E-state index >= 15 is 0 Å². The minimum Gasteiger partial charge on any atom is -0.772 e. The van der Waals surface area contributed by atoms with Crippen molar-refractivity contribution in [1.82, 2.24) is 4.98 Å². The molecule has 0 amide bonds. The molecule has 0 bridgehead atoms. The van der Waals surface area contributed by atoms with Gasteiger partial charge in [0.15, 0.2) is 0 Å². The lowest BCUT2D eigenvalue weighted by Gasteiger charge is -2.06. The van der Waals surface area contributed by atoms with Crippen molar-refractivity contribution in [3.05, 3.63) is 36.0 Å². The number of nitrogen functional groups attached to an aromatic ring is 1. The summed E-state index contributed by atoms with van der Waals surface area (Å²) >= 11 is -2.07. The number of aromatic nitrogens is 1. The van der Waals surface area contributed by atoms with Crippen molar-refractivity contribution in [2.45, 2.75) is 5.75 Å². The van der Waals surface area contributed by atoms with E-state index < -0.39 is 11.1 Å². The van der Waals surface area contributed by atoms with E-state index in [4.69, 9.17) is 5.73 Å². The lowest BCUT2D eigenvalue weighted by atomic mass is 10.1. The van der Waals surface area contributed by atoms with E-state index in [1.54, 1.807) is 24.4 Å². The molecule has 4 nitrogen and oxygen atoms in total. The molecule has 2 aromatic rings. The third-order valence-corrected chi connectivity index (χ3v) is 2.62. The van der Waals surface area contributed by atoms with E-state index in [0.29, 0.717) is 5.69 Å². The second kappa shape index (κ2) is 3.96. The second-order valence-electron chi connectivity index (χ2n) is 3.24. The zero-order valence-corrected chi connectivity index (χ0v) is 8.66. The van der Waals surface area contributed by atoms with Crippen molar-refractivity contribution >= 4 is 27.7 Å². The van der Waals surface area contributed by atoms with Crippen LogP contribution in [0.4, 0.5) is 5.69 Å². The summed E-state index contributed by atoms with van der Waals surface area (Å²) in [6.45, 7) is 0. The fraction of sp³-hybridized carbons (Fsp3) is 0.100. The third kappa shape index (κ3) is 2.31. The van der Waals surface area contributed by atoms with Crippen molar-refractivity contribution in [3.8, 4) is 0 Å². The van der Waals surface area contributed by atoms with E-state index in [1.807, 2.05) is 6.07 Å². The Morgan fingerprint density at radius 3 is 2.93 bits per heavy atom. The molecule has 5 heteroatoms.